The van der Waals surface area contributed by atoms with Crippen molar-refractivity contribution in [2.75, 3.05) is 40.5 Å². The molecule has 7 heteroatoms. The predicted octanol–water partition coefficient (Wildman–Crippen LogP) is 2.58. The van der Waals surface area contributed by atoms with Gasteiger partial charge in [0.2, 0.25) is 5.91 Å². The lowest BCUT2D eigenvalue weighted by molar-refractivity contribution is -0.136. The third-order valence-corrected chi connectivity index (χ3v) is 4.65. The maximum absolute atomic E-state index is 12.7. The van der Waals surface area contributed by atoms with Crippen molar-refractivity contribution in [2.24, 2.45) is 5.41 Å². The lowest BCUT2D eigenvalue weighted by Gasteiger charge is -2.35. The molecule has 0 radical (unpaired) electrons. The van der Waals surface area contributed by atoms with Crippen molar-refractivity contribution in [3.05, 3.63) is 34.9 Å². The number of hydrogen-bond donors (Lipinski definition) is 2. The average Bonchev–Trinajstić information content (AvgIpc) is 2.56. The Hall–Kier alpha value is -0.850. The van der Waals surface area contributed by atoms with Crippen LogP contribution in [-0.4, -0.2) is 46.4 Å². The van der Waals surface area contributed by atoms with Gasteiger partial charge in [0.05, 0.1) is 18.1 Å². The van der Waals surface area contributed by atoms with Gasteiger partial charge in [-0.15, -0.1) is 12.4 Å². The topological polar surface area (TPSA) is 59.6 Å². The minimum absolute atomic E-state index is 0. The fourth-order valence-electron chi connectivity index (χ4n) is 3.04. The van der Waals surface area contributed by atoms with Crippen LogP contribution in [0.2, 0.25) is 5.02 Å². The van der Waals surface area contributed by atoms with Crippen molar-refractivity contribution < 1.29 is 14.3 Å². The van der Waals surface area contributed by atoms with E-state index >= 15 is 0 Å². The Morgan fingerprint density at radius 1 is 1.38 bits per heavy atom. The Kier molecular flexibility index (Phi) is 9.02. The van der Waals surface area contributed by atoms with Crippen LogP contribution in [0.1, 0.15) is 24.5 Å². The molecule has 5 nitrogen and oxygen atoms in total. The van der Waals surface area contributed by atoms with Crippen LogP contribution < -0.4 is 10.6 Å². The first-order chi connectivity index (χ1) is 11.1. The van der Waals surface area contributed by atoms with E-state index in [0.717, 1.165) is 31.5 Å². The van der Waals surface area contributed by atoms with Crippen LogP contribution in [0.15, 0.2) is 24.3 Å². The van der Waals surface area contributed by atoms with E-state index in [9.17, 15) is 4.79 Å². The maximum Gasteiger partial charge on any atom is 0.228 e. The van der Waals surface area contributed by atoms with Crippen LogP contribution in [-0.2, 0) is 14.3 Å². The molecular formula is C17H26Cl2N2O3. The number of piperidine rings is 1. The number of ether oxygens (including phenoxy) is 2. The molecule has 1 amide bonds. The van der Waals surface area contributed by atoms with E-state index in [-0.39, 0.29) is 24.4 Å². The second-order valence-electron chi connectivity index (χ2n) is 5.95. The third-order valence-electron chi connectivity index (χ3n) is 4.42. The maximum atomic E-state index is 12.7. The summed E-state index contributed by atoms with van der Waals surface area (Å²) in [5.41, 5.74) is 0.499. The van der Waals surface area contributed by atoms with E-state index in [0.29, 0.717) is 18.2 Å². The molecule has 2 rings (SSSR count). The molecular weight excluding hydrogens is 351 g/mol. The number of benzene rings is 1. The van der Waals surface area contributed by atoms with Gasteiger partial charge in [-0.05, 0) is 43.6 Å². The smallest absolute Gasteiger partial charge is 0.228 e. The summed E-state index contributed by atoms with van der Waals surface area (Å²) in [4.78, 5) is 12.7. The van der Waals surface area contributed by atoms with Crippen molar-refractivity contribution in [3.63, 3.8) is 0 Å². The SMILES string of the molecule is COCC1(C(=O)NCC(OC)c2cccc(Cl)c2)CCNCC1.Cl. The molecule has 1 heterocycles. The molecule has 1 atom stereocenters. The molecule has 1 saturated heterocycles. The molecule has 0 saturated carbocycles. The molecule has 1 aliphatic rings. The normalized spacial score (nSPS) is 17.6. The van der Waals surface area contributed by atoms with Crippen molar-refractivity contribution >= 4 is 29.9 Å². The van der Waals surface area contributed by atoms with E-state index in [1.54, 1.807) is 14.2 Å². The van der Waals surface area contributed by atoms with Crippen LogP contribution in [0.5, 0.6) is 0 Å². The first-order valence-electron chi connectivity index (χ1n) is 7.87. The highest BCUT2D eigenvalue weighted by Crippen LogP contribution is 2.30. The van der Waals surface area contributed by atoms with Crippen molar-refractivity contribution in [3.8, 4) is 0 Å². The zero-order valence-electron chi connectivity index (χ0n) is 14.1. The van der Waals surface area contributed by atoms with E-state index in [1.807, 2.05) is 24.3 Å². The van der Waals surface area contributed by atoms with Crippen molar-refractivity contribution in [1.29, 1.82) is 0 Å². The summed E-state index contributed by atoms with van der Waals surface area (Å²) in [6.07, 6.45) is 1.34. The van der Waals surface area contributed by atoms with Crippen LogP contribution in [0.3, 0.4) is 0 Å². The number of hydrogen-bond acceptors (Lipinski definition) is 4. The van der Waals surface area contributed by atoms with Crippen molar-refractivity contribution in [1.82, 2.24) is 10.6 Å². The summed E-state index contributed by atoms with van der Waals surface area (Å²) in [6.45, 7) is 2.52. The van der Waals surface area contributed by atoms with Gasteiger partial charge in [-0.3, -0.25) is 4.79 Å². The van der Waals surface area contributed by atoms with E-state index in [2.05, 4.69) is 10.6 Å². The highest BCUT2D eigenvalue weighted by molar-refractivity contribution is 6.30. The van der Waals surface area contributed by atoms with Crippen LogP contribution in [0, 0.1) is 5.41 Å². The molecule has 1 unspecified atom stereocenters. The summed E-state index contributed by atoms with van der Waals surface area (Å²) in [7, 11) is 3.27. The molecule has 0 aliphatic carbocycles. The predicted molar refractivity (Wildman–Crippen MR) is 97.9 cm³/mol. The van der Waals surface area contributed by atoms with Gasteiger partial charge in [-0.2, -0.15) is 0 Å². The number of nitrogens with one attached hydrogen (secondary N) is 2. The highest BCUT2D eigenvalue weighted by Gasteiger charge is 2.39. The van der Waals surface area contributed by atoms with Crippen LogP contribution >= 0.6 is 24.0 Å². The minimum atomic E-state index is -0.452. The number of halogens is 2. The Labute approximate surface area is 154 Å². The molecule has 1 aromatic rings. The van der Waals surface area contributed by atoms with Gasteiger partial charge < -0.3 is 20.1 Å². The molecule has 1 aromatic carbocycles. The molecule has 24 heavy (non-hydrogen) atoms. The lowest BCUT2D eigenvalue weighted by Crippen LogP contribution is -2.50. The van der Waals surface area contributed by atoms with Gasteiger partial charge in [0.25, 0.3) is 0 Å². The molecule has 2 N–H and O–H groups in total. The van der Waals surface area contributed by atoms with Gasteiger partial charge in [0, 0.05) is 25.8 Å². The fourth-order valence-corrected chi connectivity index (χ4v) is 3.23. The summed E-state index contributed by atoms with van der Waals surface area (Å²) >= 11 is 6.03. The number of amides is 1. The number of methoxy groups -OCH3 is 2. The molecule has 0 aromatic heterocycles. The Bertz CT molecular complexity index is 517. The monoisotopic (exact) mass is 376 g/mol. The van der Waals surface area contributed by atoms with Gasteiger partial charge in [0.15, 0.2) is 0 Å². The molecule has 1 aliphatic heterocycles. The van der Waals surface area contributed by atoms with Crippen LogP contribution in [0.4, 0.5) is 0 Å². The summed E-state index contributed by atoms with van der Waals surface area (Å²) in [6, 6.07) is 7.50. The Balaban J connectivity index is 0.00000288. The van der Waals surface area contributed by atoms with Gasteiger partial charge in [0.1, 0.15) is 0 Å². The lowest BCUT2D eigenvalue weighted by atomic mass is 9.78. The average molecular weight is 377 g/mol. The molecule has 0 spiro atoms. The Morgan fingerprint density at radius 2 is 2.08 bits per heavy atom. The van der Waals surface area contributed by atoms with Crippen LogP contribution in [0.25, 0.3) is 0 Å². The Morgan fingerprint density at radius 3 is 2.67 bits per heavy atom. The standard InChI is InChI=1S/C17H25ClN2O3.ClH/c1-22-12-17(6-8-19-9-7-17)16(21)20-11-15(23-2)13-4-3-5-14(18)10-13;/h3-5,10,15,19H,6-9,11-12H2,1-2H3,(H,20,21);1H. The molecule has 136 valence electrons. The highest BCUT2D eigenvalue weighted by atomic mass is 35.5. The minimum Gasteiger partial charge on any atom is -0.384 e. The number of carbonyl (C=O) groups is 1. The summed E-state index contributed by atoms with van der Waals surface area (Å²) in [5.74, 6) is 0.0323. The van der Waals surface area contributed by atoms with E-state index in [4.69, 9.17) is 21.1 Å². The first kappa shape index (κ1) is 21.2. The van der Waals surface area contributed by atoms with Gasteiger partial charge in [-0.1, -0.05) is 23.7 Å². The second-order valence-corrected chi connectivity index (χ2v) is 6.39. The van der Waals surface area contributed by atoms with Crippen molar-refractivity contribution in [2.45, 2.75) is 18.9 Å². The van der Waals surface area contributed by atoms with E-state index in [1.165, 1.54) is 0 Å². The first-order valence-corrected chi connectivity index (χ1v) is 8.25. The van der Waals surface area contributed by atoms with E-state index < -0.39 is 5.41 Å². The zero-order chi connectivity index (χ0) is 16.7. The molecule has 1 fully saturated rings. The summed E-state index contributed by atoms with van der Waals surface area (Å²) in [5, 5.41) is 6.98. The zero-order valence-corrected chi connectivity index (χ0v) is 15.7. The number of carbonyl (C=O) groups excluding carboxylic acids is 1. The third kappa shape index (κ3) is 5.33. The second kappa shape index (κ2) is 10.2. The molecule has 0 bridgehead atoms. The fraction of sp³-hybridized carbons (Fsp3) is 0.588. The van der Waals surface area contributed by atoms with Gasteiger partial charge in [-0.25, -0.2) is 0 Å². The largest absolute Gasteiger partial charge is 0.384 e. The van der Waals surface area contributed by atoms with Gasteiger partial charge >= 0.3 is 0 Å². The number of rotatable bonds is 7. The quantitative estimate of drug-likeness (QED) is 0.767. The summed E-state index contributed by atoms with van der Waals surface area (Å²) < 4.78 is 10.8.